The molecular formula is C15H22ClFN2. The molecule has 1 heterocycles. The fraction of sp³-hybridized carbons (Fsp3) is 0.600. The molecule has 1 aliphatic heterocycles. The zero-order valence-corrected chi connectivity index (χ0v) is 12.3. The van der Waals surface area contributed by atoms with Crippen molar-refractivity contribution in [2.24, 2.45) is 11.7 Å². The third-order valence-electron chi connectivity index (χ3n) is 4.37. The number of rotatable bonds is 3. The van der Waals surface area contributed by atoms with E-state index in [9.17, 15) is 4.39 Å². The summed E-state index contributed by atoms with van der Waals surface area (Å²) in [5.41, 5.74) is 6.89. The Bertz CT molecular complexity index is 438. The van der Waals surface area contributed by atoms with E-state index in [2.05, 4.69) is 18.7 Å². The Morgan fingerprint density at radius 2 is 2.21 bits per heavy atom. The second-order valence-electron chi connectivity index (χ2n) is 5.52. The van der Waals surface area contributed by atoms with Gasteiger partial charge in [-0.15, -0.1) is 0 Å². The zero-order valence-electron chi connectivity index (χ0n) is 11.6. The maximum atomic E-state index is 13.2. The standard InChI is InChI=1S/C15H22ClFN2/c1-10-4-3-7-19(11(10)2)15(9-18)13-6-5-12(17)8-14(13)16/h5-6,8,10-11,15H,3-4,7,9,18H2,1-2H3. The summed E-state index contributed by atoms with van der Waals surface area (Å²) in [5, 5.41) is 0.473. The van der Waals surface area contributed by atoms with Gasteiger partial charge in [0.15, 0.2) is 0 Å². The fourth-order valence-corrected chi connectivity index (χ4v) is 3.31. The highest BCUT2D eigenvalue weighted by Gasteiger charge is 2.31. The van der Waals surface area contributed by atoms with Crippen molar-refractivity contribution in [3.63, 3.8) is 0 Å². The third-order valence-corrected chi connectivity index (χ3v) is 4.69. The first-order valence-corrected chi connectivity index (χ1v) is 7.33. The third kappa shape index (κ3) is 3.10. The van der Waals surface area contributed by atoms with Crippen LogP contribution >= 0.6 is 11.6 Å². The fourth-order valence-electron chi connectivity index (χ4n) is 3.02. The summed E-state index contributed by atoms with van der Waals surface area (Å²) in [6.07, 6.45) is 2.44. The molecule has 1 saturated heterocycles. The highest BCUT2D eigenvalue weighted by atomic mass is 35.5. The van der Waals surface area contributed by atoms with Gasteiger partial charge in [0, 0.05) is 23.7 Å². The molecule has 3 unspecified atom stereocenters. The number of nitrogens with two attached hydrogens (primary N) is 1. The van der Waals surface area contributed by atoms with Crippen molar-refractivity contribution < 1.29 is 4.39 Å². The van der Waals surface area contributed by atoms with Crippen LogP contribution in [0, 0.1) is 11.7 Å². The van der Waals surface area contributed by atoms with E-state index in [1.165, 1.54) is 25.0 Å². The minimum Gasteiger partial charge on any atom is -0.329 e. The molecule has 0 aromatic heterocycles. The maximum absolute atomic E-state index is 13.2. The first-order valence-electron chi connectivity index (χ1n) is 6.95. The van der Waals surface area contributed by atoms with Crippen molar-refractivity contribution in [3.05, 3.63) is 34.6 Å². The summed E-state index contributed by atoms with van der Waals surface area (Å²) in [4.78, 5) is 2.41. The Morgan fingerprint density at radius 3 is 2.84 bits per heavy atom. The van der Waals surface area contributed by atoms with Crippen LogP contribution in [0.25, 0.3) is 0 Å². The molecule has 1 fully saturated rings. The number of hydrogen-bond donors (Lipinski definition) is 1. The first kappa shape index (κ1) is 14.8. The van der Waals surface area contributed by atoms with E-state index >= 15 is 0 Å². The molecule has 2 rings (SSSR count). The summed E-state index contributed by atoms with van der Waals surface area (Å²) < 4.78 is 13.2. The topological polar surface area (TPSA) is 29.3 Å². The Labute approximate surface area is 119 Å². The molecule has 0 amide bonds. The summed E-state index contributed by atoms with van der Waals surface area (Å²) in [7, 11) is 0. The minimum absolute atomic E-state index is 0.0749. The molecule has 3 atom stereocenters. The monoisotopic (exact) mass is 284 g/mol. The Hall–Kier alpha value is -0.640. The largest absolute Gasteiger partial charge is 0.329 e. The van der Waals surface area contributed by atoms with Gasteiger partial charge in [0.05, 0.1) is 0 Å². The van der Waals surface area contributed by atoms with Crippen LogP contribution in [0.3, 0.4) is 0 Å². The average Bonchev–Trinajstić information content (AvgIpc) is 2.37. The quantitative estimate of drug-likeness (QED) is 0.919. The van der Waals surface area contributed by atoms with Gasteiger partial charge in [-0.1, -0.05) is 24.6 Å². The van der Waals surface area contributed by atoms with E-state index < -0.39 is 0 Å². The number of halogens is 2. The van der Waals surface area contributed by atoms with Crippen LogP contribution in [-0.4, -0.2) is 24.0 Å². The maximum Gasteiger partial charge on any atom is 0.124 e. The molecule has 1 aliphatic rings. The van der Waals surface area contributed by atoms with E-state index in [0.717, 1.165) is 12.1 Å². The molecule has 2 N–H and O–H groups in total. The van der Waals surface area contributed by atoms with Crippen LogP contribution in [0.5, 0.6) is 0 Å². The van der Waals surface area contributed by atoms with Crippen LogP contribution in [0.1, 0.15) is 38.3 Å². The van der Waals surface area contributed by atoms with Crippen molar-refractivity contribution in [2.45, 2.75) is 38.8 Å². The molecule has 0 radical (unpaired) electrons. The van der Waals surface area contributed by atoms with Gasteiger partial charge in [0.2, 0.25) is 0 Å². The van der Waals surface area contributed by atoms with Crippen molar-refractivity contribution in [2.75, 3.05) is 13.1 Å². The Kier molecular flexibility index (Phi) is 4.82. The molecular weight excluding hydrogens is 263 g/mol. The Balaban J connectivity index is 2.28. The van der Waals surface area contributed by atoms with Crippen LogP contribution in [0.15, 0.2) is 18.2 Å². The summed E-state index contributed by atoms with van der Waals surface area (Å²) >= 11 is 6.18. The van der Waals surface area contributed by atoms with Gasteiger partial charge in [-0.3, -0.25) is 4.90 Å². The second-order valence-corrected chi connectivity index (χ2v) is 5.92. The lowest BCUT2D eigenvalue weighted by atomic mass is 9.89. The van der Waals surface area contributed by atoms with Gasteiger partial charge < -0.3 is 5.73 Å². The van der Waals surface area contributed by atoms with Gasteiger partial charge in [0.25, 0.3) is 0 Å². The molecule has 1 aromatic rings. The van der Waals surface area contributed by atoms with E-state index in [1.807, 2.05) is 0 Å². The summed E-state index contributed by atoms with van der Waals surface area (Å²) in [6.45, 7) is 6.05. The molecule has 106 valence electrons. The first-order chi connectivity index (χ1) is 9.04. The molecule has 0 bridgehead atoms. The van der Waals surface area contributed by atoms with Crippen molar-refractivity contribution in [3.8, 4) is 0 Å². The molecule has 19 heavy (non-hydrogen) atoms. The lowest BCUT2D eigenvalue weighted by molar-refractivity contribution is 0.0710. The van der Waals surface area contributed by atoms with Gasteiger partial charge in [-0.05, 0) is 49.9 Å². The lowest BCUT2D eigenvalue weighted by Gasteiger charge is -2.43. The number of benzene rings is 1. The van der Waals surface area contributed by atoms with Crippen molar-refractivity contribution in [1.29, 1.82) is 0 Å². The van der Waals surface area contributed by atoms with Gasteiger partial charge in [-0.25, -0.2) is 4.39 Å². The van der Waals surface area contributed by atoms with E-state index in [-0.39, 0.29) is 11.9 Å². The summed E-state index contributed by atoms with van der Waals surface area (Å²) in [5.74, 6) is 0.353. The normalized spacial score (nSPS) is 26.4. The second kappa shape index (κ2) is 6.21. The SMILES string of the molecule is CC1CCCN(C(CN)c2ccc(F)cc2Cl)C1C. The minimum atomic E-state index is -0.301. The molecule has 0 saturated carbocycles. The van der Waals surface area contributed by atoms with Crippen LogP contribution < -0.4 is 5.73 Å². The lowest BCUT2D eigenvalue weighted by Crippen LogP contribution is -2.46. The van der Waals surface area contributed by atoms with Crippen molar-refractivity contribution >= 4 is 11.6 Å². The van der Waals surface area contributed by atoms with E-state index in [4.69, 9.17) is 17.3 Å². The van der Waals surface area contributed by atoms with Crippen molar-refractivity contribution in [1.82, 2.24) is 4.90 Å². The highest BCUT2D eigenvalue weighted by Crippen LogP contribution is 2.34. The predicted molar refractivity (Wildman–Crippen MR) is 77.8 cm³/mol. The predicted octanol–water partition coefficient (Wildman–Crippen LogP) is 3.60. The number of piperidine rings is 1. The molecule has 1 aromatic carbocycles. The zero-order chi connectivity index (χ0) is 14.0. The van der Waals surface area contributed by atoms with Crippen LogP contribution in [0.2, 0.25) is 5.02 Å². The molecule has 0 aliphatic carbocycles. The van der Waals surface area contributed by atoms with Crippen LogP contribution in [-0.2, 0) is 0 Å². The number of nitrogens with zero attached hydrogens (tertiary/aromatic N) is 1. The molecule has 4 heteroatoms. The number of hydrogen-bond acceptors (Lipinski definition) is 2. The highest BCUT2D eigenvalue weighted by molar-refractivity contribution is 6.31. The molecule has 0 spiro atoms. The van der Waals surface area contributed by atoms with Crippen LogP contribution in [0.4, 0.5) is 4.39 Å². The van der Waals surface area contributed by atoms with Gasteiger partial charge >= 0.3 is 0 Å². The average molecular weight is 285 g/mol. The number of likely N-dealkylation sites (tertiary alicyclic amines) is 1. The van der Waals surface area contributed by atoms with E-state index in [1.54, 1.807) is 6.07 Å². The van der Waals surface area contributed by atoms with E-state index in [0.29, 0.717) is 23.5 Å². The summed E-state index contributed by atoms with van der Waals surface area (Å²) in [6, 6.07) is 5.15. The van der Waals surface area contributed by atoms with Gasteiger partial charge in [-0.2, -0.15) is 0 Å². The van der Waals surface area contributed by atoms with Gasteiger partial charge in [0.1, 0.15) is 5.82 Å². The smallest absolute Gasteiger partial charge is 0.124 e. The Morgan fingerprint density at radius 1 is 1.47 bits per heavy atom. The molecule has 2 nitrogen and oxygen atoms in total.